The minimum atomic E-state index is -0.276. The van der Waals surface area contributed by atoms with Crippen molar-refractivity contribution in [3.63, 3.8) is 0 Å². The van der Waals surface area contributed by atoms with Crippen molar-refractivity contribution in [1.82, 2.24) is 9.97 Å². The third-order valence-corrected chi connectivity index (χ3v) is 4.00. The maximum absolute atomic E-state index is 12.4. The molecule has 2 aromatic carbocycles. The molecule has 24 heavy (non-hydrogen) atoms. The molecule has 0 radical (unpaired) electrons. The normalized spacial score (nSPS) is 10.2. The van der Waals surface area contributed by atoms with Gasteiger partial charge in [0.05, 0.1) is 0 Å². The molecule has 0 spiro atoms. The predicted molar refractivity (Wildman–Crippen MR) is 98.6 cm³/mol. The van der Waals surface area contributed by atoms with E-state index in [1.807, 2.05) is 66.5 Å². The van der Waals surface area contributed by atoms with Crippen LogP contribution in [0.5, 0.6) is 0 Å². The number of nitrogens with zero attached hydrogens (tertiary/aromatic N) is 3. The van der Waals surface area contributed by atoms with Gasteiger partial charge in [-0.2, -0.15) is 0 Å². The number of amides is 1. The summed E-state index contributed by atoms with van der Waals surface area (Å²) < 4.78 is 0.953. The van der Waals surface area contributed by atoms with Crippen molar-refractivity contribution < 1.29 is 4.79 Å². The topological polar surface area (TPSA) is 58.1 Å². The van der Waals surface area contributed by atoms with Crippen LogP contribution in [0.4, 0.5) is 17.2 Å². The highest BCUT2D eigenvalue weighted by molar-refractivity contribution is 9.10. The van der Waals surface area contributed by atoms with E-state index in [4.69, 9.17) is 0 Å². The monoisotopic (exact) mass is 382 g/mol. The van der Waals surface area contributed by atoms with Crippen LogP contribution < -0.4 is 10.2 Å². The van der Waals surface area contributed by atoms with Crippen LogP contribution in [-0.2, 0) is 0 Å². The Morgan fingerprint density at radius 3 is 2.46 bits per heavy atom. The van der Waals surface area contributed by atoms with E-state index < -0.39 is 0 Å². The summed E-state index contributed by atoms with van der Waals surface area (Å²) in [7, 11) is 1.90. The van der Waals surface area contributed by atoms with E-state index in [1.165, 1.54) is 6.33 Å². The fourth-order valence-corrected chi connectivity index (χ4v) is 2.43. The predicted octanol–water partition coefficient (Wildman–Crippen LogP) is 4.26. The number of anilines is 3. The number of aromatic nitrogens is 2. The van der Waals surface area contributed by atoms with Gasteiger partial charge in [-0.25, -0.2) is 9.97 Å². The molecule has 120 valence electrons. The lowest BCUT2D eigenvalue weighted by molar-refractivity contribution is 0.102. The van der Waals surface area contributed by atoms with Gasteiger partial charge in [0.2, 0.25) is 0 Å². The Morgan fingerprint density at radius 1 is 1.04 bits per heavy atom. The zero-order chi connectivity index (χ0) is 16.9. The molecule has 3 rings (SSSR count). The van der Waals surface area contributed by atoms with Crippen LogP contribution in [0.25, 0.3) is 0 Å². The molecular formula is C18H15BrN4O. The number of hydrogen-bond donors (Lipinski definition) is 1. The van der Waals surface area contributed by atoms with Crippen LogP contribution in [-0.4, -0.2) is 22.9 Å². The van der Waals surface area contributed by atoms with Gasteiger partial charge in [-0.15, -0.1) is 0 Å². The summed E-state index contributed by atoms with van der Waals surface area (Å²) in [5.41, 5.74) is 2.00. The summed E-state index contributed by atoms with van der Waals surface area (Å²) >= 11 is 3.37. The summed E-state index contributed by atoms with van der Waals surface area (Å²) in [6.07, 6.45) is 1.39. The standard InChI is InChI=1S/C18H15BrN4O/c1-23(15-5-3-2-4-6-15)17-11-16(20-12-21-17)18(24)22-14-9-7-13(19)8-10-14/h2-12H,1H3,(H,22,24). The van der Waals surface area contributed by atoms with Gasteiger partial charge < -0.3 is 10.2 Å². The Bertz CT molecular complexity index is 837. The second kappa shape index (κ2) is 7.23. The van der Waals surface area contributed by atoms with Crippen LogP contribution in [0.3, 0.4) is 0 Å². The second-order valence-electron chi connectivity index (χ2n) is 5.12. The highest BCUT2D eigenvalue weighted by Crippen LogP contribution is 2.21. The number of para-hydroxylation sites is 1. The number of rotatable bonds is 4. The van der Waals surface area contributed by atoms with E-state index in [9.17, 15) is 4.79 Å². The lowest BCUT2D eigenvalue weighted by Crippen LogP contribution is -2.16. The Labute approximate surface area is 148 Å². The van der Waals surface area contributed by atoms with Crippen molar-refractivity contribution >= 4 is 39.0 Å². The average molecular weight is 383 g/mol. The highest BCUT2D eigenvalue weighted by Gasteiger charge is 2.12. The molecule has 0 aliphatic rings. The van der Waals surface area contributed by atoms with Crippen molar-refractivity contribution in [2.24, 2.45) is 0 Å². The largest absolute Gasteiger partial charge is 0.329 e. The number of benzene rings is 2. The minimum Gasteiger partial charge on any atom is -0.329 e. The number of carbonyl (C=O) groups is 1. The van der Waals surface area contributed by atoms with E-state index in [-0.39, 0.29) is 5.91 Å². The molecule has 0 saturated heterocycles. The summed E-state index contributed by atoms with van der Waals surface area (Å²) in [5.74, 6) is 0.375. The van der Waals surface area contributed by atoms with Crippen molar-refractivity contribution in [3.05, 3.63) is 77.2 Å². The van der Waals surface area contributed by atoms with E-state index >= 15 is 0 Å². The third kappa shape index (κ3) is 3.78. The van der Waals surface area contributed by atoms with E-state index in [0.29, 0.717) is 17.2 Å². The van der Waals surface area contributed by atoms with Gasteiger partial charge in [0.1, 0.15) is 17.8 Å². The molecule has 5 nitrogen and oxygen atoms in total. The molecule has 0 aliphatic carbocycles. The van der Waals surface area contributed by atoms with Crippen molar-refractivity contribution in [1.29, 1.82) is 0 Å². The quantitative estimate of drug-likeness (QED) is 0.732. The molecule has 0 unspecified atom stereocenters. The molecule has 3 aromatic rings. The SMILES string of the molecule is CN(c1ccccc1)c1cc(C(=O)Nc2ccc(Br)cc2)ncn1. The van der Waals surface area contributed by atoms with Crippen molar-refractivity contribution in [2.45, 2.75) is 0 Å². The first-order chi connectivity index (χ1) is 11.6. The first-order valence-electron chi connectivity index (χ1n) is 7.31. The fraction of sp³-hybridized carbons (Fsp3) is 0.0556. The number of halogens is 1. The first kappa shape index (κ1) is 16.1. The van der Waals surface area contributed by atoms with Crippen LogP contribution >= 0.6 is 15.9 Å². The summed E-state index contributed by atoms with van der Waals surface area (Å²) in [4.78, 5) is 22.6. The molecule has 6 heteroatoms. The lowest BCUT2D eigenvalue weighted by Gasteiger charge is -2.18. The molecule has 1 heterocycles. The maximum Gasteiger partial charge on any atom is 0.274 e. The molecule has 1 aromatic heterocycles. The number of carbonyl (C=O) groups excluding carboxylic acids is 1. The third-order valence-electron chi connectivity index (χ3n) is 3.47. The Kier molecular flexibility index (Phi) is 4.86. The number of nitrogens with one attached hydrogen (secondary N) is 1. The molecule has 0 fully saturated rings. The van der Waals surface area contributed by atoms with Crippen LogP contribution in [0.15, 0.2) is 71.5 Å². The Morgan fingerprint density at radius 2 is 1.75 bits per heavy atom. The van der Waals surface area contributed by atoms with E-state index in [2.05, 4.69) is 31.2 Å². The van der Waals surface area contributed by atoms with Crippen LogP contribution in [0.2, 0.25) is 0 Å². The lowest BCUT2D eigenvalue weighted by atomic mass is 10.2. The van der Waals surface area contributed by atoms with Crippen molar-refractivity contribution in [3.8, 4) is 0 Å². The Hall–Kier alpha value is -2.73. The van der Waals surface area contributed by atoms with Crippen molar-refractivity contribution in [2.75, 3.05) is 17.3 Å². The van der Waals surface area contributed by atoms with Crippen LogP contribution in [0, 0.1) is 0 Å². The zero-order valence-electron chi connectivity index (χ0n) is 13.0. The molecule has 1 amide bonds. The zero-order valence-corrected chi connectivity index (χ0v) is 14.6. The Balaban J connectivity index is 1.79. The maximum atomic E-state index is 12.4. The smallest absolute Gasteiger partial charge is 0.274 e. The highest BCUT2D eigenvalue weighted by atomic mass is 79.9. The van der Waals surface area contributed by atoms with Crippen LogP contribution in [0.1, 0.15) is 10.5 Å². The summed E-state index contributed by atoms with van der Waals surface area (Å²) in [6.45, 7) is 0. The van der Waals surface area contributed by atoms with Gasteiger partial charge >= 0.3 is 0 Å². The number of hydrogen-bond acceptors (Lipinski definition) is 4. The molecular weight excluding hydrogens is 368 g/mol. The van der Waals surface area contributed by atoms with E-state index in [0.717, 1.165) is 10.2 Å². The average Bonchev–Trinajstić information content (AvgIpc) is 2.64. The van der Waals surface area contributed by atoms with Gasteiger partial charge in [-0.05, 0) is 36.4 Å². The molecule has 0 bridgehead atoms. The van der Waals surface area contributed by atoms with Gasteiger partial charge in [-0.3, -0.25) is 4.79 Å². The summed E-state index contributed by atoms with van der Waals surface area (Å²) in [6, 6.07) is 18.8. The summed E-state index contributed by atoms with van der Waals surface area (Å²) in [5, 5.41) is 2.82. The fourth-order valence-electron chi connectivity index (χ4n) is 2.17. The van der Waals surface area contributed by atoms with E-state index in [1.54, 1.807) is 6.07 Å². The second-order valence-corrected chi connectivity index (χ2v) is 6.03. The molecule has 0 aliphatic heterocycles. The first-order valence-corrected chi connectivity index (χ1v) is 8.10. The minimum absolute atomic E-state index is 0.276. The van der Waals surface area contributed by atoms with Gasteiger partial charge in [0.15, 0.2) is 0 Å². The van der Waals surface area contributed by atoms with Gasteiger partial charge in [-0.1, -0.05) is 34.1 Å². The molecule has 0 saturated carbocycles. The van der Waals surface area contributed by atoms with Gasteiger partial charge in [0, 0.05) is 29.0 Å². The molecule has 0 atom stereocenters. The van der Waals surface area contributed by atoms with Gasteiger partial charge in [0.25, 0.3) is 5.91 Å². The molecule has 1 N–H and O–H groups in total.